The summed E-state index contributed by atoms with van der Waals surface area (Å²) < 4.78 is 0. The third-order valence-corrected chi connectivity index (χ3v) is 4.33. The molecule has 0 spiro atoms. The molecular weight excluding hydrogens is 282 g/mol. The number of nitrogens with one attached hydrogen (secondary N) is 1. The molecule has 2 rings (SSSR count). The van der Waals surface area contributed by atoms with Crippen LogP contribution in [0.15, 0.2) is 30.3 Å². The predicted molar refractivity (Wildman–Crippen MR) is 87.3 cm³/mol. The van der Waals surface area contributed by atoms with Gasteiger partial charge in [-0.3, -0.25) is 4.79 Å². The molecule has 21 heavy (non-hydrogen) atoms. The molecule has 0 saturated heterocycles. The molecule has 5 heteroatoms. The van der Waals surface area contributed by atoms with Crippen LogP contribution in [0, 0.1) is 5.92 Å². The number of anilines is 1. The van der Waals surface area contributed by atoms with Crippen LogP contribution in [0.5, 0.6) is 0 Å². The SMILES string of the molecule is CCCCC(CC)C(=O)Nc1nnc(-c2ccccc2)s1. The van der Waals surface area contributed by atoms with E-state index in [1.165, 1.54) is 11.3 Å². The molecule has 1 aromatic heterocycles. The number of unbranched alkanes of at least 4 members (excludes halogenated alkanes) is 1. The first-order valence-corrected chi connectivity index (χ1v) is 8.26. The lowest BCUT2D eigenvalue weighted by molar-refractivity contribution is -0.120. The molecule has 0 aliphatic heterocycles. The number of hydrogen-bond donors (Lipinski definition) is 1. The maximum Gasteiger partial charge on any atom is 0.229 e. The Bertz CT molecular complexity index is 568. The summed E-state index contributed by atoms with van der Waals surface area (Å²) in [6, 6.07) is 9.87. The molecule has 0 aliphatic rings. The minimum Gasteiger partial charge on any atom is -0.300 e. The van der Waals surface area contributed by atoms with Gasteiger partial charge >= 0.3 is 0 Å². The van der Waals surface area contributed by atoms with Gasteiger partial charge in [-0.05, 0) is 12.8 Å². The summed E-state index contributed by atoms with van der Waals surface area (Å²) >= 11 is 1.41. The van der Waals surface area contributed by atoms with E-state index in [-0.39, 0.29) is 11.8 Å². The van der Waals surface area contributed by atoms with Gasteiger partial charge in [-0.25, -0.2) is 0 Å². The van der Waals surface area contributed by atoms with Gasteiger partial charge in [-0.1, -0.05) is 68.4 Å². The largest absolute Gasteiger partial charge is 0.300 e. The van der Waals surface area contributed by atoms with Crippen molar-refractivity contribution in [2.45, 2.75) is 39.5 Å². The van der Waals surface area contributed by atoms with E-state index in [2.05, 4.69) is 29.4 Å². The molecule has 112 valence electrons. The van der Waals surface area contributed by atoms with E-state index in [9.17, 15) is 4.79 Å². The quantitative estimate of drug-likeness (QED) is 0.826. The zero-order valence-electron chi connectivity index (χ0n) is 12.5. The molecule has 0 fully saturated rings. The Morgan fingerprint density at radius 1 is 1.24 bits per heavy atom. The lowest BCUT2D eigenvalue weighted by Crippen LogP contribution is -2.22. The van der Waals surface area contributed by atoms with E-state index in [1.54, 1.807) is 0 Å². The van der Waals surface area contributed by atoms with E-state index in [4.69, 9.17) is 0 Å². The van der Waals surface area contributed by atoms with E-state index in [0.29, 0.717) is 5.13 Å². The second kappa shape index (κ2) is 7.88. The van der Waals surface area contributed by atoms with Gasteiger partial charge in [-0.2, -0.15) is 0 Å². The summed E-state index contributed by atoms with van der Waals surface area (Å²) in [5.41, 5.74) is 1.02. The van der Waals surface area contributed by atoms with E-state index >= 15 is 0 Å². The van der Waals surface area contributed by atoms with Crippen LogP contribution in [0.1, 0.15) is 39.5 Å². The van der Waals surface area contributed by atoms with E-state index in [1.807, 2.05) is 30.3 Å². The third kappa shape index (κ3) is 4.36. The summed E-state index contributed by atoms with van der Waals surface area (Å²) in [6.07, 6.45) is 3.98. The maximum atomic E-state index is 12.2. The Hall–Kier alpha value is -1.75. The van der Waals surface area contributed by atoms with Crippen LogP contribution in [0.4, 0.5) is 5.13 Å². The number of amides is 1. The van der Waals surface area contributed by atoms with Crippen LogP contribution in [0.25, 0.3) is 10.6 Å². The first-order chi connectivity index (χ1) is 10.2. The first-order valence-electron chi connectivity index (χ1n) is 7.44. The minimum atomic E-state index is 0.0571. The van der Waals surface area contributed by atoms with E-state index in [0.717, 1.165) is 36.3 Å². The molecular formula is C16H21N3OS. The van der Waals surface area contributed by atoms with Gasteiger partial charge in [0.05, 0.1) is 0 Å². The Morgan fingerprint density at radius 3 is 2.67 bits per heavy atom. The highest BCUT2D eigenvalue weighted by atomic mass is 32.1. The number of carbonyl (C=O) groups is 1. The minimum absolute atomic E-state index is 0.0571. The smallest absolute Gasteiger partial charge is 0.229 e. The fraction of sp³-hybridized carbons (Fsp3) is 0.438. The zero-order valence-corrected chi connectivity index (χ0v) is 13.3. The fourth-order valence-electron chi connectivity index (χ4n) is 2.15. The van der Waals surface area contributed by atoms with Crippen LogP contribution in [0.3, 0.4) is 0 Å². The number of carbonyl (C=O) groups excluding carboxylic acids is 1. The normalized spacial score (nSPS) is 12.1. The molecule has 4 nitrogen and oxygen atoms in total. The standard InChI is InChI=1S/C16H21N3OS/c1-3-5-9-12(4-2)14(20)17-16-19-18-15(21-16)13-10-7-6-8-11-13/h6-8,10-12H,3-5,9H2,1-2H3,(H,17,19,20). The summed E-state index contributed by atoms with van der Waals surface area (Å²) in [4.78, 5) is 12.2. The van der Waals surface area contributed by atoms with Crippen molar-refractivity contribution in [1.29, 1.82) is 0 Å². The summed E-state index contributed by atoms with van der Waals surface area (Å²) in [6.45, 7) is 4.19. The van der Waals surface area contributed by atoms with Crippen molar-refractivity contribution >= 4 is 22.4 Å². The number of rotatable bonds is 7. The summed E-state index contributed by atoms with van der Waals surface area (Å²) in [7, 11) is 0. The van der Waals surface area contributed by atoms with Crippen LogP contribution in [-0.4, -0.2) is 16.1 Å². The fourth-order valence-corrected chi connectivity index (χ4v) is 2.90. The molecule has 1 amide bonds. The van der Waals surface area contributed by atoms with Gasteiger partial charge in [0.15, 0.2) is 0 Å². The molecule has 0 radical (unpaired) electrons. The predicted octanol–water partition coefficient (Wildman–Crippen LogP) is 4.36. The van der Waals surface area contributed by atoms with Crippen molar-refractivity contribution in [2.24, 2.45) is 5.92 Å². The lowest BCUT2D eigenvalue weighted by atomic mass is 9.99. The second-order valence-corrected chi connectivity index (χ2v) is 5.99. The number of benzene rings is 1. The number of hydrogen-bond acceptors (Lipinski definition) is 4. The lowest BCUT2D eigenvalue weighted by Gasteiger charge is -2.12. The molecule has 0 saturated carbocycles. The molecule has 1 heterocycles. The highest BCUT2D eigenvalue weighted by molar-refractivity contribution is 7.18. The monoisotopic (exact) mass is 303 g/mol. The number of nitrogens with zero attached hydrogens (tertiary/aromatic N) is 2. The Kier molecular flexibility index (Phi) is 5.87. The summed E-state index contributed by atoms with van der Waals surface area (Å²) in [5, 5.41) is 12.5. The molecule has 1 aromatic carbocycles. The maximum absolute atomic E-state index is 12.2. The zero-order chi connectivity index (χ0) is 15.1. The van der Waals surface area contributed by atoms with Crippen LogP contribution < -0.4 is 5.32 Å². The topological polar surface area (TPSA) is 54.9 Å². The van der Waals surface area contributed by atoms with Gasteiger partial charge in [0, 0.05) is 11.5 Å². The van der Waals surface area contributed by atoms with Crippen molar-refractivity contribution in [3.8, 4) is 10.6 Å². The van der Waals surface area contributed by atoms with Crippen LogP contribution in [0.2, 0.25) is 0 Å². The van der Waals surface area contributed by atoms with Crippen molar-refractivity contribution in [2.75, 3.05) is 5.32 Å². The van der Waals surface area contributed by atoms with Crippen molar-refractivity contribution < 1.29 is 4.79 Å². The molecule has 1 N–H and O–H groups in total. The molecule has 1 atom stereocenters. The third-order valence-electron chi connectivity index (χ3n) is 3.45. The first kappa shape index (κ1) is 15.6. The Balaban J connectivity index is 2.00. The molecule has 2 aromatic rings. The van der Waals surface area contributed by atoms with Gasteiger partial charge in [0.2, 0.25) is 11.0 Å². The Labute approximate surface area is 129 Å². The average molecular weight is 303 g/mol. The van der Waals surface area contributed by atoms with Crippen LogP contribution >= 0.6 is 11.3 Å². The van der Waals surface area contributed by atoms with Gasteiger partial charge in [0.1, 0.15) is 5.01 Å². The van der Waals surface area contributed by atoms with Gasteiger partial charge in [0.25, 0.3) is 0 Å². The molecule has 1 unspecified atom stereocenters. The van der Waals surface area contributed by atoms with E-state index < -0.39 is 0 Å². The van der Waals surface area contributed by atoms with Crippen LogP contribution in [-0.2, 0) is 4.79 Å². The average Bonchev–Trinajstić information content (AvgIpc) is 2.97. The van der Waals surface area contributed by atoms with Gasteiger partial charge < -0.3 is 5.32 Å². The Morgan fingerprint density at radius 2 is 2.00 bits per heavy atom. The van der Waals surface area contributed by atoms with Crippen molar-refractivity contribution in [3.63, 3.8) is 0 Å². The highest BCUT2D eigenvalue weighted by Crippen LogP contribution is 2.26. The highest BCUT2D eigenvalue weighted by Gasteiger charge is 2.17. The second-order valence-electron chi connectivity index (χ2n) is 5.02. The summed E-state index contributed by atoms with van der Waals surface area (Å²) in [5.74, 6) is 0.121. The van der Waals surface area contributed by atoms with Crippen molar-refractivity contribution in [3.05, 3.63) is 30.3 Å². The number of aromatic nitrogens is 2. The van der Waals surface area contributed by atoms with Gasteiger partial charge in [-0.15, -0.1) is 10.2 Å². The van der Waals surface area contributed by atoms with Crippen molar-refractivity contribution in [1.82, 2.24) is 10.2 Å². The molecule has 0 aliphatic carbocycles. The molecule has 0 bridgehead atoms.